The molecule has 0 aliphatic heterocycles. The summed E-state index contributed by atoms with van der Waals surface area (Å²) < 4.78 is 1.09. The number of nitrogens with two attached hydrogens (primary N) is 1. The summed E-state index contributed by atoms with van der Waals surface area (Å²) in [6.45, 7) is 2.75. The molecule has 0 fully saturated rings. The second-order valence-electron chi connectivity index (χ2n) is 4.60. The number of halogens is 1. The summed E-state index contributed by atoms with van der Waals surface area (Å²) in [5.74, 6) is 0. The van der Waals surface area contributed by atoms with Crippen molar-refractivity contribution in [1.82, 2.24) is 4.90 Å². The molecule has 1 rings (SSSR count). The Morgan fingerprint density at radius 2 is 1.82 bits per heavy atom. The maximum Gasteiger partial charge on any atom is 0.0378 e. The number of hydrogen-bond acceptors (Lipinski definition) is 3. The van der Waals surface area contributed by atoms with Gasteiger partial charge in [0.25, 0.3) is 0 Å². The second-order valence-corrected chi connectivity index (χ2v) is 5.52. The van der Waals surface area contributed by atoms with Crippen LogP contribution in [0.15, 0.2) is 22.7 Å². The van der Waals surface area contributed by atoms with Crippen LogP contribution in [-0.4, -0.2) is 39.1 Å². The van der Waals surface area contributed by atoms with Crippen LogP contribution in [-0.2, 0) is 6.54 Å². The molecule has 0 saturated carbocycles. The van der Waals surface area contributed by atoms with Crippen molar-refractivity contribution in [1.29, 1.82) is 0 Å². The Balaban J connectivity index is 2.61. The average Bonchev–Trinajstić information content (AvgIpc) is 2.27. The lowest BCUT2D eigenvalue weighted by Gasteiger charge is -2.21. The largest absolute Gasteiger partial charge is 0.375 e. The van der Waals surface area contributed by atoms with Gasteiger partial charge in [0.1, 0.15) is 0 Å². The van der Waals surface area contributed by atoms with E-state index in [0.717, 1.165) is 29.5 Å². The Labute approximate surface area is 113 Å². The molecular weight excluding hydrogens is 278 g/mol. The van der Waals surface area contributed by atoms with Crippen molar-refractivity contribution in [3.05, 3.63) is 28.2 Å². The van der Waals surface area contributed by atoms with Gasteiger partial charge in [-0.3, -0.25) is 0 Å². The van der Waals surface area contributed by atoms with Crippen molar-refractivity contribution in [2.24, 2.45) is 5.73 Å². The molecule has 1 aromatic rings. The molecule has 0 bridgehead atoms. The topological polar surface area (TPSA) is 32.5 Å². The minimum Gasteiger partial charge on any atom is -0.375 e. The molecular formula is C13H22BrN3. The highest BCUT2D eigenvalue weighted by atomic mass is 79.9. The van der Waals surface area contributed by atoms with E-state index in [1.807, 2.05) is 0 Å². The van der Waals surface area contributed by atoms with Crippen LogP contribution in [0.25, 0.3) is 0 Å². The minimum atomic E-state index is 0.581. The molecule has 0 atom stereocenters. The molecule has 0 saturated heterocycles. The monoisotopic (exact) mass is 299 g/mol. The first-order valence-electron chi connectivity index (χ1n) is 5.88. The Kier molecular flexibility index (Phi) is 5.95. The Morgan fingerprint density at radius 1 is 1.12 bits per heavy atom. The lowest BCUT2D eigenvalue weighted by atomic mass is 10.2. The van der Waals surface area contributed by atoms with Crippen LogP contribution in [0, 0.1) is 0 Å². The van der Waals surface area contributed by atoms with Gasteiger partial charge in [-0.15, -0.1) is 0 Å². The predicted molar refractivity (Wildman–Crippen MR) is 78.5 cm³/mol. The fourth-order valence-corrected chi connectivity index (χ4v) is 2.25. The van der Waals surface area contributed by atoms with Gasteiger partial charge in [-0.25, -0.2) is 0 Å². The Hall–Kier alpha value is -0.580. The van der Waals surface area contributed by atoms with Gasteiger partial charge in [0.15, 0.2) is 0 Å². The molecule has 17 heavy (non-hydrogen) atoms. The van der Waals surface area contributed by atoms with Crippen molar-refractivity contribution in [3.63, 3.8) is 0 Å². The van der Waals surface area contributed by atoms with E-state index in [4.69, 9.17) is 5.73 Å². The van der Waals surface area contributed by atoms with Crippen LogP contribution in [0.4, 0.5) is 5.69 Å². The summed E-state index contributed by atoms with van der Waals surface area (Å²) in [5.41, 5.74) is 8.06. The second kappa shape index (κ2) is 6.99. The minimum absolute atomic E-state index is 0.581. The zero-order chi connectivity index (χ0) is 12.8. The lowest BCUT2D eigenvalue weighted by molar-refractivity contribution is 0.401. The highest BCUT2D eigenvalue weighted by Crippen LogP contribution is 2.22. The number of rotatable bonds is 6. The van der Waals surface area contributed by atoms with Gasteiger partial charge in [0, 0.05) is 30.3 Å². The molecule has 0 aliphatic rings. The summed E-state index contributed by atoms with van der Waals surface area (Å²) in [6, 6.07) is 6.35. The van der Waals surface area contributed by atoms with Gasteiger partial charge in [-0.1, -0.05) is 15.9 Å². The third-order valence-electron chi connectivity index (χ3n) is 2.72. The zero-order valence-corrected chi connectivity index (χ0v) is 12.5. The van der Waals surface area contributed by atoms with E-state index < -0.39 is 0 Å². The summed E-state index contributed by atoms with van der Waals surface area (Å²) >= 11 is 3.52. The third kappa shape index (κ3) is 5.06. The summed E-state index contributed by atoms with van der Waals surface area (Å²) in [5, 5.41) is 0. The van der Waals surface area contributed by atoms with E-state index in [2.05, 4.69) is 65.1 Å². The van der Waals surface area contributed by atoms with Crippen molar-refractivity contribution >= 4 is 21.6 Å². The summed E-state index contributed by atoms with van der Waals surface area (Å²) in [7, 11) is 6.33. The van der Waals surface area contributed by atoms with E-state index >= 15 is 0 Å². The van der Waals surface area contributed by atoms with Crippen LogP contribution in [0.1, 0.15) is 12.0 Å². The molecule has 4 heteroatoms. The van der Waals surface area contributed by atoms with Crippen LogP contribution >= 0.6 is 15.9 Å². The van der Waals surface area contributed by atoms with Gasteiger partial charge in [0.2, 0.25) is 0 Å². The average molecular weight is 300 g/mol. The van der Waals surface area contributed by atoms with Crippen LogP contribution < -0.4 is 10.6 Å². The fraction of sp³-hybridized carbons (Fsp3) is 0.538. The molecule has 96 valence electrons. The highest BCUT2D eigenvalue weighted by Gasteiger charge is 2.04. The Bertz CT molecular complexity index is 353. The molecule has 0 spiro atoms. The Morgan fingerprint density at radius 3 is 2.41 bits per heavy atom. The first kappa shape index (κ1) is 14.5. The number of nitrogens with zero attached hydrogens (tertiary/aromatic N) is 2. The van der Waals surface area contributed by atoms with E-state index in [-0.39, 0.29) is 0 Å². The smallest absolute Gasteiger partial charge is 0.0378 e. The highest BCUT2D eigenvalue weighted by molar-refractivity contribution is 9.10. The maximum absolute atomic E-state index is 5.68. The summed E-state index contributed by atoms with van der Waals surface area (Å²) in [4.78, 5) is 4.48. The fourth-order valence-electron chi connectivity index (χ4n) is 1.72. The number of anilines is 1. The first-order chi connectivity index (χ1) is 8.02. The molecule has 3 nitrogen and oxygen atoms in total. The molecule has 2 N–H and O–H groups in total. The van der Waals surface area contributed by atoms with Gasteiger partial charge < -0.3 is 15.5 Å². The number of benzene rings is 1. The van der Waals surface area contributed by atoms with E-state index in [0.29, 0.717) is 6.54 Å². The van der Waals surface area contributed by atoms with Gasteiger partial charge >= 0.3 is 0 Å². The maximum atomic E-state index is 5.68. The van der Waals surface area contributed by atoms with Crippen molar-refractivity contribution < 1.29 is 0 Å². The standard InChI is InChI=1S/C13H22BrN3/c1-16(2)5-4-6-17(3)13-8-11(10-15)7-12(14)9-13/h7-9H,4-6,10,15H2,1-3H3. The molecule has 1 aromatic carbocycles. The third-order valence-corrected chi connectivity index (χ3v) is 3.18. The van der Waals surface area contributed by atoms with E-state index in [9.17, 15) is 0 Å². The van der Waals surface area contributed by atoms with Crippen LogP contribution in [0.3, 0.4) is 0 Å². The van der Waals surface area contributed by atoms with Gasteiger partial charge in [-0.2, -0.15) is 0 Å². The van der Waals surface area contributed by atoms with E-state index in [1.165, 1.54) is 5.69 Å². The van der Waals surface area contributed by atoms with Crippen molar-refractivity contribution in [3.8, 4) is 0 Å². The molecule has 0 radical (unpaired) electrons. The molecule has 0 amide bonds. The zero-order valence-electron chi connectivity index (χ0n) is 10.9. The van der Waals surface area contributed by atoms with Crippen LogP contribution in [0.5, 0.6) is 0 Å². The van der Waals surface area contributed by atoms with Gasteiger partial charge in [-0.05, 0) is 50.8 Å². The molecule has 0 unspecified atom stereocenters. The van der Waals surface area contributed by atoms with Crippen molar-refractivity contribution in [2.75, 3.05) is 39.1 Å². The quantitative estimate of drug-likeness (QED) is 0.875. The molecule has 0 aromatic heterocycles. The first-order valence-corrected chi connectivity index (χ1v) is 6.67. The van der Waals surface area contributed by atoms with Gasteiger partial charge in [0.05, 0.1) is 0 Å². The lowest BCUT2D eigenvalue weighted by Crippen LogP contribution is -2.23. The molecule has 0 heterocycles. The van der Waals surface area contributed by atoms with Crippen LogP contribution in [0.2, 0.25) is 0 Å². The van der Waals surface area contributed by atoms with Crippen molar-refractivity contribution in [2.45, 2.75) is 13.0 Å². The normalized spacial score (nSPS) is 10.9. The predicted octanol–water partition coefficient (Wildman–Crippen LogP) is 2.30. The van der Waals surface area contributed by atoms with E-state index in [1.54, 1.807) is 0 Å². The summed E-state index contributed by atoms with van der Waals surface area (Å²) in [6.07, 6.45) is 1.16. The SMILES string of the molecule is CN(C)CCCN(C)c1cc(Br)cc(CN)c1. The molecule has 0 aliphatic carbocycles. The number of hydrogen-bond donors (Lipinski definition) is 1.